The number of aryl methyl sites for hydroxylation is 1. The Balaban J connectivity index is 1.89. The molecule has 0 bridgehead atoms. The zero-order valence-electron chi connectivity index (χ0n) is 18.0. The molecule has 1 aliphatic heterocycles. The normalized spacial score (nSPS) is 18.5. The average molecular weight is 433 g/mol. The second-order valence-electron chi connectivity index (χ2n) is 7.75. The molecule has 162 valence electrons. The third-order valence-corrected chi connectivity index (χ3v) is 6.68. The first-order chi connectivity index (χ1) is 14.5. The number of piperidine rings is 1. The van der Waals surface area contributed by atoms with Crippen molar-refractivity contribution >= 4 is 16.3 Å². The fourth-order valence-corrected chi connectivity index (χ4v) is 5.44. The molecule has 1 aromatic carbocycles. The maximum atomic E-state index is 11.0. The van der Waals surface area contributed by atoms with Crippen molar-refractivity contribution in [3.63, 3.8) is 0 Å². The number of aromatic nitrogens is 3. The van der Waals surface area contributed by atoms with Gasteiger partial charge in [-0.15, -0.1) is 5.10 Å². The van der Waals surface area contributed by atoms with Crippen LogP contribution in [0.2, 0.25) is 0 Å². The number of thiazole rings is 1. The van der Waals surface area contributed by atoms with E-state index >= 15 is 0 Å². The van der Waals surface area contributed by atoms with E-state index in [0.717, 1.165) is 30.0 Å². The van der Waals surface area contributed by atoms with Crippen LogP contribution in [0.25, 0.3) is 4.96 Å². The van der Waals surface area contributed by atoms with Gasteiger partial charge in [-0.2, -0.15) is 4.52 Å². The molecule has 0 amide bonds. The summed E-state index contributed by atoms with van der Waals surface area (Å²) >= 11 is 1.46. The van der Waals surface area contributed by atoms with Gasteiger partial charge in [-0.25, -0.2) is 4.98 Å². The molecule has 0 spiro atoms. The molecule has 0 radical (unpaired) electrons. The van der Waals surface area contributed by atoms with Gasteiger partial charge in [0.05, 0.1) is 32.2 Å². The lowest BCUT2D eigenvalue weighted by Gasteiger charge is -2.37. The van der Waals surface area contributed by atoms with E-state index in [-0.39, 0.29) is 11.9 Å². The Hall–Kier alpha value is -2.52. The highest BCUT2D eigenvalue weighted by Gasteiger charge is 2.33. The number of rotatable bonds is 6. The molecule has 8 nitrogen and oxygen atoms in total. The molecule has 0 unspecified atom stereocenters. The average Bonchev–Trinajstić information content (AvgIpc) is 3.24. The van der Waals surface area contributed by atoms with Crippen molar-refractivity contribution in [2.24, 2.45) is 5.92 Å². The highest BCUT2D eigenvalue weighted by atomic mass is 32.1. The largest absolute Gasteiger partial charge is 0.493 e. The Kier molecular flexibility index (Phi) is 5.75. The Morgan fingerprint density at radius 2 is 1.87 bits per heavy atom. The minimum Gasteiger partial charge on any atom is -0.493 e. The van der Waals surface area contributed by atoms with Crippen molar-refractivity contribution in [1.82, 2.24) is 19.5 Å². The third kappa shape index (κ3) is 3.56. The van der Waals surface area contributed by atoms with Crippen LogP contribution >= 0.6 is 11.3 Å². The van der Waals surface area contributed by atoms with Crippen LogP contribution in [0.4, 0.5) is 0 Å². The van der Waals surface area contributed by atoms with Gasteiger partial charge in [0.1, 0.15) is 5.82 Å². The summed E-state index contributed by atoms with van der Waals surface area (Å²) < 4.78 is 18.2. The highest BCUT2D eigenvalue weighted by molar-refractivity contribution is 7.17. The summed E-state index contributed by atoms with van der Waals surface area (Å²) in [5, 5.41) is 15.4. The summed E-state index contributed by atoms with van der Waals surface area (Å²) in [6.07, 6.45) is 2.32. The fraction of sp³-hybridized carbons (Fsp3) is 0.524. The maximum absolute atomic E-state index is 11.0. The molecule has 1 fully saturated rings. The molecule has 1 N–H and O–H groups in total. The minimum absolute atomic E-state index is 0.132. The van der Waals surface area contributed by atoms with Crippen molar-refractivity contribution in [3.8, 4) is 23.1 Å². The molecule has 4 rings (SSSR count). The number of ether oxygens (including phenoxy) is 3. The molecular weight excluding hydrogens is 404 g/mol. The summed E-state index contributed by atoms with van der Waals surface area (Å²) in [6.45, 7) is 5.97. The van der Waals surface area contributed by atoms with E-state index in [9.17, 15) is 5.11 Å². The van der Waals surface area contributed by atoms with Gasteiger partial charge in [0.15, 0.2) is 11.5 Å². The van der Waals surface area contributed by atoms with E-state index in [0.29, 0.717) is 34.0 Å². The quantitative estimate of drug-likeness (QED) is 0.637. The van der Waals surface area contributed by atoms with Crippen LogP contribution in [0.5, 0.6) is 23.1 Å². The number of likely N-dealkylation sites (tertiary alicyclic amines) is 1. The SMILES string of the molecule is COc1cc([C@H](c2sc3nc(C)nn3c2O)N2CCC[C@@H](C)C2)cc(OC)c1OC. The Morgan fingerprint density at radius 1 is 1.17 bits per heavy atom. The van der Waals surface area contributed by atoms with Crippen molar-refractivity contribution in [2.75, 3.05) is 34.4 Å². The number of nitrogens with zero attached hydrogens (tertiary/aromatic N) is 4. The number of benzene rings is 1. The zero-order chi connectivity index (χ0) is 21.4. The molecule has 1 aliphatic rings. The van der Waals surface area contributed by atoms with Crippen molar-refractivity contribution in [1.29, 1.82) is 0 Å². The lowest BCUT2D eigenvalue weighted by atomic mass is 9.95. The van der Waals surface area contributed by atoms with E-state index < -0.39 is 0 Å². The summed E-state index contributed by atoms with van der Waals surface area (Å²) in [5.41, 5.74) is 0.968. The highest BCUT2D eigenvalue weighted by Crippen LogP contribution is 2.46. The second-order valence-corrected chi connectivity index (χ2v) is 8.76. The smallest absolute Gasteiger partial charge is 0.230 e. The molecule has 30 heavy (non-hydrogen) atoms. The van der Waals surface area contributed by atoms with Gasteiger partial charge in [-0.3, -0.25) is 4.90 Å². The molecule has 3 aromatic rings. The fourth-order valence-electron chi connectivity index (χ4n) is 4.27. The first-order valence-corrected chi connectivity index (χ1v) is 10.9. The summed E-state index contributed by atoms with van der Waals surface area (Å²) in [4.78, 5) is 8.35. The van der Waals surface area contributed by atoms with Crippen LogP contribution < -0.4 is 14.2 Å². The molecule has 1 saturated heterocycles. The van der Waals surface area contributed by atoms with Crippen LogP contribution in [0, 0.1) is 12.8 Å². The van der Waals surface area contributed by atoms with Crippen LogP contribution in [0.1, 0.15) is 42.1 Å². The lowest BCUT2D eigenvalue weighted by Crippen LogP contribution is -2.37. The first-order valence-electron chi connectivity index (χ1n) is 10.1. The second kappa shape index (κ2) is 8.31. The molecule has 3 heterocycles. The molecule has 9 heteroatoms. The zero-order valence-corrected chi connectivity index (χ0v) is 18.8. The maximum Gasteiger partial charge on any atom is 0.230 e. The van der Waals surface area contributed by atoms with Gasteiger partial charge in [-0.05, 0) is 49.9 Å². The molecule has 0 aliphatic carbocycles. The van der Waals surface area contributed by atoms with Gasteiger partial charge >= 0.3 is 0 Å². The van der Waals surface area contributed by atoms with Crippen molar-refractivity contribution in [2.45, 2.75) is 32.7 Å². The van der Waals surface area contributed by atoms with Gasteiger partial charge in [-0.1, -0.05) is 18.3 Å². The van der Waals surface area contributed by atoms with Gasteiger partial charge in [0.2, 0.25) is 16.6 Å². The van der Waals surface area contributed by atoms with Gasteiger partial charge < -0.3 is 19.3 Å². The van der Waals surface area contributed by atoms with Crippen LogP contribution in [-0.4, -0.2) is 59.0 Å². The van der Waals surface area contributed by atoms with E-state index in [1.165, 1.54) is 22.3 Å². The van der Waals surface area contributed by atoms with Gasteiger partial charge in [0.25, 0.3) is 0 Å². The van der Waals surface area contributed by atoms with E-state index in [1.54, 1.807) is 21.3 Å². The predicted octanol–water partition coefficient (Wildman–Crippen LogP) is 3.65. The van der Waals surface area contributed by atoms with E-state index in [2.05, 4.69) is 21.9 Å². The first kappa shape index (κ1) is 20.7. The topological polar surface area (TPSA) is 81.4 Å². The Labute approximate surface area is 180 Å². The number of methoxy groups -OCH3 is 3. The summed E-state index contributed by atoms with van der Waals surface area (Å²) in [5.74, 6) is 3.09. The standard InChI is InChI=1S/C21H28N4O4S/c1-12-7-6-8-24(11-12)17(19-20(26)25-21(30-19)22-13(2)23-25)14-9-15(27-3)18(29-5)16(10-14)28-4/h9-10,12,17,26H,6-8,11H2,1-5H3/t12-,17-/m1/s1. The summed E-state index contributed by atoms with van der Waals surface area (Å²) in [6, 6.07) is 3.76. The van der Waals surface area contributed by atoms with Gasteiger partial charge in [0, 0.05) is 6.54 Å². The lowest BCUT2D eigenvalue weighted by molar-refractivity contribution is 0.148. The number of fused-ring (bicyclic) bond motifs is 1. The molecular formula is C21H28N4O4S. The van der Waals surface area contributed by atoms with Crippen LogP contribution in [-0.2, 0) is 0 Å². The van der Waals surface area contributed by atoms with E-state index in [4.69, 9.17) is 14.2 Å². The van der Waals surface area contributed by atoms with Crippen LogP contribution in [0.15, 0.2) is 12.1 Å². The monoisotopic (exact) mass is 432 g/mol. The van der Waals surface area contributed by atoms with E-state index in [1.807, 2.05) is 19.1 Å². The molecule has 2 atom stereocenters. The number of hydrogen-bond donors (Lipinski definition) is 1. The van der Waals surface area contributed by atoms with Crippen molar-refractivity contribution in [3.05, 3.63) is 28.4 Å². The van der Waals surface area contributed by atoms with Crippen LogP contribution in [0.3, 0.4) is 0 Å². The predicted molar refractivity (Wildman–Crippen MR) is 115 cm³/mol. The minimum atomic E-state index is -0.171. The summed E-state index contributed by atoms with van der Waals surface area (Å²) in [7, 11) is 4.82. The number of aromatic hydroxyl groups is 1. The Bertz CT molecular complexity index is 1020. The molecule has 2 aromatic heterocycles. The Morgan fingerprint density at radius 3 is 2.43 bits per heavy atom. The van der Waals surface area contributed by atoms with Crippen molar-refractivity contribution < 1.29 is 19.3 Å². The third-order valence-electron chi connectivity index (χ3n) is 5.61. The molecule has 0 saturated carbocycles. The number of hydrogen-bond acceptors (Lipinski definition) is 8.